The summed E-state index contributed by atoms with van der Waals surface area (Å²) < 4.78 is 2.25. The largest absolute Gasteiger partial charge is 0.382 e. The van der Waals surface area contributed by atoms with E-state index in [1.54, 1.807) is 0 Å². The van der Waals surface area contributed by atoms with Crippen molar-refractivity contribution in [2.24, 2.45) is 0 Å². The maximum Gasteiger partial charge on any atom is 0.199 e. The Balaban J connectivity index is 1.77. The lowest BCUT2D eigenvalue weighted by Gasteiger charge is -2.22. The minimum Gasteiger partial charge on any atom is -0.382 e. The van der Waals surface area contributed by atoms with Gasteiger partial charge in [-0.15, -0.1) is 0 Å². The Bertz CT molecular complexity index is 1510. The van der Waals surface area contributed by atoms with E-state index in [-0.39, 0.29) is 0 Å². The number of pyridine rings is 1. The topological polar surface area (TPSA) is 34.4 Å². The molecule has 4 rings (SSSR count). The summed E-state index contributed by atoms with van der Waals surface area (Å²) >= 11 is 7.11. The molecule has 1 atom stereocenters. The first-order valence-electron chi connectivity index (χ1n) is 16.4. The summed E-state index contributed by atoms with van der Waals surface area (Å²) in [5.74, 6) is 0. The van der Waals surface area contributed by atoms with Crippen LogP contribution in [0.2, 0.25) is 5.02 Å². The predicted octanol–water partition coefficient (Wildman–Crippen LogP) is 8.69. The summed E-state index contributed by atoms with van der Waals surface area (Å²) in [6, 6.07) is 15.6. The molecule has 0 saturated carbocycles. The highest BCUT2D eigenvalue weighted by atomic mass is 35.5. The van der Waals surface area contributed by atoms with Gasteiger partial charge in [-0.05, 0) is 119 Å². The van der Waals surface area contributed by atoms with Crippen molar-refractivity contribution >= 4 is 45.2 Å². The fraction of sp³-hybridized carbons (Fsp3) is 0.421. The van der Waals surface area contributed by atoms with Crippen molar-refractivity contribution in [2.45, 2.75) is 60.4 Å². The average Bonchev–Trinajstić information content (AvgIpc) is 3.05. The zero-order valence-corrected chi connectivity index (χ0v) is 28.6. The second-order valence-electron chi connectivity index (χ2n) is 11.6. The Morgan fingerprint density at radius 2 is 1.59 bits per heavy atom. The smallest absolute Gasteiger partial charge is 0.199 e. The van der Waals surface area contributed by atoms with Gasteiger partial charge in [-0.1, -0.05) is 37.6 Å². The number of anilines is 2. The van der Waals surface area contributed by atoms with Gasteiger partial charge in [0.1, 0.15) is 13.6 Å². The molecule has 0 radical (unpaired) electrons. The van der Waals surface area contributed by atoms with Crippen LogP contribution in [0.1, 0.15) is 65.5 Å². The van der Waals surface area contributed by atoms with Crippen LogP contribution in [0.3, 0.4) is 0 Å². The lowest BCUT2D eigenvalue weighted by molar-refractivity contribution is -0.491. The summed E-state index contributed by atoms with van der Waals surface area (Å²) in [6.07, 6.45) is 13.0. The molecule has 0 fully saturated rings. The molecule has 1 N–H and O–H groups in total. The van der Waals surface area contributed by atoms with Gasteiger partial charge in [-0.2, -0.15) is 0 Å². The van der Waals surface area contributed by atoms with Crippen LogP contribution in [0.25, 0.3) is 16.5 Å². The van der Waals surface area contributed by atoms with Crippen LogP contribution < -0.4 is 10.2 Å². The Kier molecular flexibility index (Phi) is 12.2. The average molecular weight is 613 g/mol. The second-order valence-corrected chi connectivity index (χ2v) is 12.0. The van der Waals surface area contributed by atoms with Crippen LogP contribution in [0.5, 0.6) is 0 Å². The van der Waals surface area contributed by atoms with Crippen molar-refractivity contribution in [1.82, 2.24) is 9.88 Å². The van der Waals surface area contributed by atoms with Crippen molar-refractivity contribution in [3.05, 3.63) is 94.7 Å². The first-order chi connectivity index (χ1) is 21.3. The number of halogens is 1. The van der Waals surface area contributed by atoms with Crippen molar-refractivity contribution in [2.75, 3.05) is 56.5 Å². The van der Waals surface area contributed by atoms with Crippen molar-refractivity contribution in [3.8, 4) is 0 Å². The molecule has 1 aliphatic rings. The molecule has 44 heavy (non-hydrogen) atoms. The number of nitrogens with zero attached hydrogens (tertiary/aromatic N) is 4. The van der Waals surface area contributed by atoms with E-state index in [0.29, 0.717) is 11.1 Å². The lowest BCUT2D eigenvalue weighted by Crippen LogP contribution is -2.25. The molecule has 1 aliphatic carbocycles. The maximum atomic E-state index is 7.11. The number of hydrogen-bond donors (Lipinski definition) is 1. The fourth-order valence-electron chi connectivity index (χ4n) is 5.95. The van der Waals surface area contributed by atoms with Gasteiger partial charge in [0.25, 0.3) is 0 Å². The molecule has 0 amide bonds. The monoisotopic (exact) mass is 612 g/mol. The highest BCUT2D eigenvalue weighted by molar-refractivity contribution is 6.33. The van der Waals surface area contributed by atoms with Gasteiger partial charge in [0.05, 0.1) is 10.5 Å². The molecule has 0 aliphatic heterocycles. The molecule has 1 aromatic heterocycles. The number of nitrogens with one attached hydrogen (secondary N) is 1. The quantitative estimate of drug-likeness (QED) is 0.185. The number of benzene rings is 2. The molecule has 5 nitrogen and oxygen atoms in total. The van der Waals surface area contributed by atoms with Crippen LogP contribution in [-0.4, -0.2) is 72.5 Å². The third kappa shape index (κ3) is 7.99. The molecule has 3 aromatic rings. The van der Waals surface area contributed by atoms with Crippen LogP contribution in [0.15, 0.2) is 78.5 Å². The van der Waals surface area contributed by atoms with E-state index in [9.17, 15) is 0 Å². The Morgan fingerprint density at radius 1 is 0.909 bits per heavy atom. The summed E-state index contributed by atoms with van der Waals surface area (Å²) in [5, 5.41) is 5.58. The van der Waals surface area contributed by atoms with E-state index in [4.69, 9.17) is 16.6 Å². The summed E-state index contributed by atoms with van der Waals surface area (Å²) in [6.45, 7) is 19.6. The molecule has 2 aromatic carbocycles. The highest BCUT2D eigenvalue weighted by Crippen LogP contribution is 2.38. The Morgan fingerprint density at radius 3 is 2.20 bits per heavy atom. The van der Waals surface area contributed by atoms with E-state index >= 15 is 0 Å². The number of rotatable bonds is 14. The molecule has 0 bridgehead atoms. The lowest BCUT2D eigenvalue weighted by atomic mass is 9.89. The van der Waals surface area contributed by atoms with E-state index in [1.165, 1.54) is 17.8 Å². The molecule has 0 saturated heterocycles. The van der Waals surface area contributed by atoms with Crippen molar-refractivity contribution in [3.63, 3.8) is 0 Å². The maximum absolute atomic E-state index is 7.11. The third-order valence-corrected chi connectivity index (χ3v) is 9.18. The van der Waals surface area contributed by atoms with Gasteiger partial charge >= 0.3 is 0 Å². The second kappa shape index (κ2) is 16.1. The molecular weight excluding hydrogens is 562 g/mol. The summed E-state index contributed by atoms with van der Waals surface area (Å²) in [7, 11) is 2.12. The van der Waals surface area contributed by atoms with Crippen LogP contribution in [-0.2, 0) is 0 Å². The predicted molar refractivity (Wildman–Crippen MR) is 193 cm³/mol. The first kappa shape index (κ1) is 33.5. The molecule has 0 spiro atoms. The van der Waals surface area contributed by atoms with Crippen molar-refractivity contribution < 1.29 is 4.58 Å². The number of aromatic nitrogens is 1. The first-order valence-corrected chi connectivity index (χ1v) is 16.8. The summed E-state index contributed by atoms with van der Waals surface area (Å²) in [5.41, 5.74) is 8.83. The SMILES string of the molecule is CCN(CC)CCCC(C)Nc1ccnc2cc(Cl)c(C(=C3C=CC(=[N+](C)CC)C=C3)c3ccc(N(CC)CC)cc3)cc12. The van der Waals surface area contributed by atoms with Crippen molar-refractivity contribution in [1.29, 1.82) is 0 Å². The van der Waals surface area contributed by atoms with Crippen LogP contribution >= 0.6 is 11.6 Å². The minimum absolute atomic E-state index is 0.342. The molecule has 1 unspecified atom stereocenters. The number of allylic oxidation sites excluding steroid dienone is 5. The fourth-order valence-corrected chi connectivity index (χ4v) is 6.21. The van der Waals surface area contributed by atoms with E-state index in [0.717, 1.165) is 84.6 Å². The van der Waals surface area contributed by atoms with E-state index in [1.807, 2.05) is 12.3 Å². The standard InChI is InChI=1S/C38H50ClN5/c1-8-42(7)31-19-15-29(16-20-31)38(30-17-21-32(22-18-30)44(11-4)12-5)33-26-34-36(23-24-40-37(34)27-35(33)39)41-28(6)14-13-25-43(9-2)10-3/h15-24,26-28H,8-14,25H2,1-7H3/p+1. The number of hydrogen-bond acceptors (Lipinski definition) is 4. The Labute approximate surface area is 270 Å². The van der Waals surface area contributed by atoms with E-state index in [2.05, 4.69) is 129 Å². The summed E-state index contributed by atoms with van der Waals surface area (Å²) in [4.78, 5) is 9.56. The van der Waals surface area contributed by atoms with Crippen LogP contribution in [0.4, 0.5) is 11.4 Å². The molecular formula is C38H51ClN5+. The Hall–Kier alpha value is -3.41. The van der Waals surface area contributed by atoms with Gasteiger partial charge in [-0.3, -0.25) is 4.98 Å². The van der Waals surface area contributed by atoms with Gasteiger partial charge in [-0.25, -0.2) is 4.58 Å². The van der Waals surface area contributed by atoms with Gasteiger partial charge in [0.15, 0.2) is 5.71 Å². The zero-order chi connectivity index (χ0) is 31.6. The highest BCUT2D eigenvalue weighted by Gasteiger charge is 2.19. The minimum atomic E-state index is 0.342. The van der Waals surface area contributed by atoms with Gasteiger partial charge in [0, 0.05) is 59.8 Å². The van der Waals surface area contributed by atoms with E-state index < -0.39 is 0 Å². The van der Waals surface area contributed by atoms with Gasteiger partial charge in [0.2, 0.25) is 0 Å². The molecule has 234 valence electrons. The normalized spacial score (nSPS) is 13.6. The molecule has 6 heteroatoms. The zero-order valence-electron chi connectivity index (χ0n) is 27.8. The number of fused-ring (bicyclic) bond motifs is 1. The molecule has 1 heterocycles. The third-order valence-electron chi connectivity index (χ3n) is 8.86. The van der Waals surface area contributed by atoms with Gasteiger partial charge < -0.3 is 15.1 Å². The van der Waals surface area contributed by atoms with Crippen LogP contribution in [0, 0.1) is 0 Å².